The lowest BCUT2D eigenvalue weighted by atomic mass is 10.1. The molecule has 4 aromatic carbocycles. The van der Waals surface area contributed by atoms with Crippen molar-refractivity contribution in [2.24, 2.45) is 4.99 Å². The molecular weight excluding hydrogens is 480 g/mol. The molecule has 0 aromatic heterocycles. The fourth-order valence-corrected chi connectivity index (χ4v) is 5.07. The molecular formula is C31H26N2O3S. The summed E-state index contributed by atoms with van der Waals surface area (Å²) >= 11 is 1.36. The molecule has 1 aliphatic rings. The molecule has 5 nitrogen and oxygen atoms in total. The van der Waals surface area contributed by atoms with Crippen LogP contribution in [-0.2, 0) is 11.4 Å². The molecule has 5 rings (SSSR count). The first-order valence-electron chi connectivity index (χ1n) is 11.9. The molecule has 4 aromatic rings. The molecule has 37 heavy (non-hydrogen) atoms. The fourth-order valence-electron chi connectivity index (χ4n) is 4.07. The van der Waals surface area contributed by atoms with Crippen LogP contribution in [0.2, 0.25) is 0 Å². The lowest BCUT2D eigenvalue weighted by Crippen LogP contribution is -2.29. The highest BCUT2D eigenvalue weighted by molar-refractivity contribution is 8.18. The van der Waals surface area contributed by atoms with Crippen LogP contribution in [0, 0.1) is 0 Å². The summed E-state index contributed by atoms with van der Waals surface area (Å²) in [5.41, 5.74) is 2.74. The van der Waals surface area contributed by atoms with Crippen molar-refractivity contribution in [1.82, 2.24) is 4.90 Å². The predicted molar refractivity (Wildman–Crippen MR) is 152 cm³/mol. The van der Waals surface area contributed by atoms with Gasteiger partial charge in [-0.1, -0.05) is 78.9 Å². The third-order valence-electron chi connectivity index (χ3n) is 5.91. The number of hydrogen-bond donors (Lipinski definition) is 0. The first-order chi connectivity index (χ1) is 18.2. The Morgan fingerprint density at radius 1 is 0.946 bits per heavy atom. The van der Waals surface area contributed by atoms with E-state index in [0.29, 0.717) is 34.7 Å². The largest absolute Gasteiger partial charge is 0.493 e. The number of aliphatic imine (C=N–C) groups is 1. The molecule has 1 saturated heterocycles. The number of thioether (sulfide) groups is 1. The van der Waals surface area contributed by atoms with Gasteiger partial charge in [-0.2, -0.15) is 0 Å². The van der Waals surface area contributed by atoms with Gasteiger partial charge in [-0.25, -0.2) is 4.99 Å². The zero-order chi connectivity index (χ0) is 25.6. The molecule has 0 unspecified atom stereocenters. The Bertz CT molecular complexity index is 1510. The lowest BCUT2D eigenvalue weighted by molar-refractivity contribution is -0.121. The number of amides is 1. The summed E-state index contributed by atoms with van der Waals surface area (Å²) in [6.45, 7) is 4.64. The SMILES string of the molecule is C=CCN1C(=O)/C(=C/c2ccc(OCc3ccccc3)c(OC)c2)SC1=Nc1cccc2ccccc12. The van der Waals surface area contributed by atoms with E-state index >= 15 is 0 Å². The van der Waals surface area contributed by atoms with Gasteiger partial charge in [0.25, 0.3) is 5.91 Å². The average Bonchev–Trinajstić information content (AvgIpc) is 3.22. The van der Waals surface area contributed by atoms with Crippen LogP contribution >= 0.6 is 11.8 Å². The first-order valence-corrected chi connectivity index (χ1v) is 12.7. The summed E-state index contributed by atoms with van der Waals surface area (Å²) in [6.07, 6.45) is 3.57. The van der Waals surface area contributed by atoms with Crippen molar-refractivity contribution in [2.45, 2.75) is 6.61 Å². The Morgan fingerprint density at radius 3 is 2.54 bits per heavy atom. The molecule has 0 atom stereocenters. The Balaban J connectivity index is 1.42. The van der Waals surface area contributed by atoms with Crippen LogP contribution in [0.4, 0.5) is 5.69 Å². The maximum Gasteiger partial charge on any atom is 0.267 e. The molecule has 0 aliphatic carbocycles. The maximum atomic E-state index is 13.3. The third kappa shape index (κ3) is 5.44. The van der Waals surface area contributed by atoms with Crippen molar-refractivity contribution < 1.29 is 14.3 Å². The van der Waals surface area contributed by atoms with Gasteiger partial charge in [-0.15, -0.1) is 6.58 Å². The normalized spacial score (nSPS) is 15.5. The van der Waals surface area contributed by atoms with Gasteiger partial charge in [0.2, 0.25) is 0 Å². The number of benzene rings is 4. The van der Waals surface area contributed by atoms with Crippen molar-refractivity contribution in [3.8, 4) is 11.5 Å². The van der Waals surface area contributed by atoms with Crippen LogP contribution in [0.1, 0.15) is 11.1 Å². The van der Waals surface area contributed by atoms with Crippen LogP contribution in [0.3, 0.4) is 0 Å². The lowest BCUT2D eigenvalue weighted by Gasteiger charge is -2.13. The molecule has 0 saturated carbocycles. The van der Waals surface area contributed by atoms with Crippen LogP contribution in [0.25, 0.3) is 16.8 Å². The molecule has 6 heteroatoms. The molecule has 1 heterocycles. The summed E-state index contributed by atoms with van der Waals surface area (Å²) in [4.78, 5) is 20.4. The zero-order valence-electron chi connectivity index (χ0n) is 20.5. The minimum Gasteiger partial charge on any atom is -0.493 e. The van der Waals surface area contributed by atoms with Crippen molar-refractivity contribution in [1.29, 1.82) is 0 Å². The molecule has 0 bridgehead atoms. The second-order valence-corrected chi connectivity index (χ2v) is 9.40. The second-order valence-electron chi connectivity index (χ2n) is 8.39. The van der Waals surface area contributed by atoms with Crippen molar-refractivity contribution in [3.63, 3.8) is 0 Å². The van der Waals surface area contributed by atoms with E-state index in [1.807, 2.05) is 84.9 Å². The summed E-state index contributed by atoms with van der Waals surface area (Å²) in [7, 11) is 1.61. The molecule has 1 fully saturated rings. The van der Waals surface area contributed by atoms with E-state index < -0.39 is 0 Å². The minimum absolute atomic E-state index is 0.104. The predicted octanol–water partition coefficient (Wildman–Crippen LogP) is 7.22. The molecule has 1 aliphatic heterocycles. The zero-order valence-corrected chi connectivity index (χ0v) is 21.3. The van der Waals surface area contributed by atoms with E-state index in [9.17, 15) is 4.79 Å². The number of hydrogen-bond acceptors (Lipinski definition) is 5. The minimum atomic E-state index is -0.104. The Morgan fingerprint density at radius 2 is 1.73 bits per heavy atom. The maximum absolute atomic E-state index is 13.3. The van der Waals surface area contributed by atoms with E-state index in [1.165, 1.54) is 11.8 Å². The molecule has 0 N–H and O–H groups in total. The number of methoxy groups -OCH3 is 1. The quantitative estimate of drug-likeness (QED) is 0.187. The smallest absolute Gasteiger partial charge is 0.267 e. The number of fused-ring (bicyclic) bond motifs is 1. The topological polar surface area (TPSA) is 51.1 Å². The molecule has 1 amide bonds. The fraction of sp³-hybridized carbons (Fsp3) is 0.0968. The van der Waals surface area contributed by atoms with E-state index in [2.05, 4.69) is 18.7 Å². The first kappa shape index (κ1) is 24.4. The highest BCUT2D eigenvalue weighted by Gasteiger charge is 2.32. The molecule has 184 valence electrons. The Kier molecular flexibility index (Phi) is 7.38. The Hall–Kier alpha value is -4.29. The van der Waals surface area contributed by atoms with Crippen LogP contribution < -0.4 is 9.47 Å². The standard InChI is InChI=1S/C31H26N2O3S/c1-3-18-33-30(34)29(37-31(33)32-26-15-9-13-24-12-7-8-14-25(24)26)20-23-16-17-27(28(19-23)35-2)36-21-22-10-5-4-6-11-22/h3-17,19-20H,1,18,21H2,2H3/b29-20-,32-31?. The average molecular weight is 507 g/mol. The van der Waals surface area contributed by atoms with Crippen molar-refractivity contribution in [2.75, 3.05) is 13.7 Å². The highest BCUT2D eigenvalue weighted by atomic mass is 32.2. The number of nitrogens with zero attached hydrogens (tertiary/aromatic N) is 2. The summed E-state index contributed by atoms with van der Waals surface area (Å²) in [5.74, 6) is 1.14. The highest BCUT2D eigenvalue weighted by Crippen LogP contribution is 2.37. The summed E-state index contributed by atoms with van der Waals surface area (Å²) in [6, 6.07) is 29.7. The van der Waals surface area contributed by atoms with E-state index in [4.69, 9.17) is 14.5 Å². The van der Waals surface area contributed by atoms with E-state index in [1.54, 1.807) is 18.1 Å². The van der Waals surface area contributed by atoms with Gasteiger partial charge in [-0.3, -0.25) is 9.69 Å². The van der Waals surface area contributed by atoms with Crippen LogP contribution in [-0.4, -0.2) is 29.6 Å². The number of carbonyl (C=O) groups is 1. The van der Waals surface area contributed by atoms with E-state index in [-0.39, 0.29) is 5.91 Å². The van der Waals surface area contributed by atoms with Gasteiger partial charge in [0.15, 0.2) is 16.7 Å². The number of carbonyl (C=O) groups excluding carboxylic acids is 1. The van der Waals surface area contributed by atoms with Crippen LogP contribution in [0.15, 0.2) is 114 Å². The second kappa shape index (κ2) is 11.2. The van der Waals surface area contributed by atoms with Gasteiger partial charge in [0, 0.05) is 11.9 Å². The molecule has 0 spiro atoms. The summed E-state index contributed by atoms with van der Waals surface area (Å²) in [5, 5.41) is 2.77. The van der Waals surface area contributed by atoms with Gasteiger partial charge < -0.3 is 9.47 Å². The monoisotopic (exact) mass is 506 g/mol. The molecule has 0 radical (unpaired) electrons. The number of ether oxygens (including phenoxy) is 2. The third-order valence-corrected chi connectivity index (χ3v) is 6.91. The summed E-state index contributed by atoms with van der Waals surface area (Å²) < 4.78 is 11.5. The van der Waals surface area contributed by atoms with Gasteiger partial charge in [0.05, 0.1) is 17.7 Å². The Labute approximate surface area is 220 Å². The van der Waals surface area contributed by atoms with Crippen molar-refractivity contribution >= 4 is 45.4 Å². The van der Waals surface area contributed by atoms with Gasteiger partial charge in [0.1, 0.15) is 6.61 Å². The van der Waals surface area contributed by atoms with Gasteiger partial charge >= 0.3 is 0 Å². The van der Waals surface area contributed by atoms with Crippen molar-refractivity contribution in [3.05, 3.63) is 120 Å². The van der Waals surface area contributed by atoms with E-state index in [0.717, 1.165) is 27.6 Å². The van der Waals surface area contributed by atoms with Crippen LogP contribution in [0.5, 0.6) is 11.5 Å². The number of rotatable bonds is 8. The number of amidine groups is 1. The van der Waals surface area contributed by atoms with Gasteiger partial charge in [-0.05, 0) is 52.6 Å².